The first-order valence-corrected chi connectivity index (χ1v) is 8.01. The van der Waals surface area contributed by atoms with Crippen molar-refractivity contribution in [3.8, 4) is 0 Å². The summed E-state index contributed by atoms with van der Waals surface area (Å²) in [5, 5.41) is 6.78. The minimum atomic E-state index is -0.163. The Kier molecular flexibility index (Phi) is 4.32. The Labute approximate surface area is 128 Å². The highest BCUT2D eigenvalue weighted by Crippen LogP contribution is 2.30. The standard InChI is InChI=1S/C18H18FNS/c1-20-11-14(13-5-4-6-16(19)10-13)9-15-12-21-18-8-3-2-7-17(15)18/h2-8,10,12,14,20H,9,11H2,1H3. The van der Waals surface area contributed by atoms with Crippen LogP contribution in [-0.4, -0.2) is 13.6 Å². The van der Waals surface area contributed by atoms with Crippen LogP contribution >= 0.6 is 11.3 Å². The molecular weight excluding hydrogens is 281 g/mol. The molecule has 0 bridgehead atoms. The highest BCUT2D eigenvalue weighted by atomic mass is 32.1. The Balaban J connectivity index is 1.92. The number of benzene rings is 2. The van der Waals surface area contributed by atoms with Gasteiger partial charge in [-0.25, -0.2) is 4.39 Å². The normalized spacial score (nSPS) is 12.7. The van der Waals surface area contributed by atoms with Crippen LogP contribution < -0.4 is 5.32 Å². The van der Waals surface area contributed by atoms with E-state index in [0.717, 1.165) is 18.5 Å². The first-order valence-electron chi connectivity index (χ1n) is 7.13. The number of rotatable bonds is 5. The first kappa shape index (κ1) is 14.2. The third-order valence-electron chi connectivity index (χ3n) is 3.80. The molecule has 1 heterocycles. The van der Waals surface area contributed by atoms with Gasteiger partial charge < -0.3 is 5.32 Å². The van der Waals surface area contributed by atoms with Crippen LogP contribution in [0.2, 0.25) is 0 Å². The summed E-state index contributed by atoms with van der Waals surface area (Å²) in [4.78, 5) is 0. The van der Waals surface area contributed by atoms with E-state index < -0.39 is 0 Å². The summed E-state index contributed by atoms with van der Waals surface area (Å²) in [5.74, 6) is 0.118. The van der Waals surface area contributed by atoms with E-state index in [1.807, 2.05) is 13.1 Å². The molecule has 108 valence electrons. The fourth-order valence-corrected chi connectivity index (χ4v) is 3.75. The van der Waals surface area contributed by atoms with Gasteiger partial charge in [-0.15, -0.1) is 11.3 Å². The number of hydrogen-bond donors (Lipinski definition) is 1. The van der Waals surface area contributed by atoms with Gasteiger partial charge in [-0.05, 0) is 53.6 Å². The fourth-order valence-electron chi connectivity index (χ4n) is 2.77. The summed E-state index contributed by atoms with van der Waals surface area (Å²) in [5.41, 5.74) is 2.40. The summed E-state index contributed by atoms with van der Waals surface area (Å²) in [6.07, 6.45) is 0.925. The van der Waals surface area contributed by atoms with Gasteiger partial charge in [0.2, 0.25) is 0 Å². The van der Waals surface area contributed by atoms with Gasteiger partial charge in [-0.1, -0.05) is 30.3 Å². The molecule has 0 aliphatic carbocycles. The van der Waals surface area contributed by atoms with Crippen LogP contribution in [0.15, 0.2) is 53.9 Å². The molecule has 0 aliphatic heterocycles. The molecule has 3 rings (SSSR count). The van der Waals surface area contributed by atoms with E-state index in [2.05, 4.69) is 35.0 Å². The van der Waals surface area contributed by atoms with E-state index in [1.165, 1.54) is 21.7 Å². The lowest BCUT2D eigenvalue weighted by Crippen LogP contribution is -2.19. The van der Waals surface area contributed by atoms with E-state index in [0.29, 0.717) is 0 Å². The lowest BCUT2D eigenvalue weighted by atomic mass is 9.91. The van der Waals surface area contributed by atoms with Crippen LogP contribution in [0, 0.1) is 5.82 Å². The number of halogens is 1. The molecule has 0 radical (unpaired) electrons. The van der Waals surface area contributed by atoms with Gasteiger partial charge >= 0.3 is 0 Å². The molecule has 2 aromatic carbocycles. The molecule has 1 unspecified atom stereocenters. The van der Waals surface area contributed by atoms with E-state index >= 15 is 0 Å². The smallest absolute Gasteiger partial charge is 0.123 e. The van der Waals surface area contributed by atoms with Gasteiger partial charge in [0.25, 0.3) is 0 Å². The van der Waals surface area contributed by atoms with Crippen molar-refractivity contribution in [3.05, 3.63) is 70.9 Å². The highest BCUT2D eigenvalue weighted by molar-refractivity contribution is 7.17. The zero-order valence-corrected chi connectivity index (χ0v) is 12.8. The van der Waals surface area contributed by atoms with Crippen molar-refractivity contribution in [3.63, 3.8) is 0 Å². The number of hydrogen-bond acceptors (Lipinski definition) is 2. The lowest BCUT2D eigenvalue weighted by molar-refractivity contribution is 0.602. The number of likely N-dealkylation sites (N-methyl/N-ethyl adjacent to an activating group) is 1. The maximum Gasteiger partial charge on any atom is 0.123 e. The molecule has 1 atom stereocenters. The van der Waals surface area contributed by atoms with Gasteiger partial charge in [0.05, 0.1) is 0 Å². The van der Waals surface area contributed by atoms with Crippen LogP contribution in [0.4, 0.5) is 4.39 Å². The molecule has 0 amide bonds. The zero-order valence-electron chi connectivity index (χ0n) is 12.0. The van der Waals surface area contributed by atoms with Crippen molar-refractivity contribution in [1.29, 1.82) is 0 Å². The lowest BCUT2D eigenvalue weighted by Gasteiger charge is -2.17. The van der Waals surface area contributed by atoms with E-state index in [4.69, 9.17) is 0 Å². The summed E-state index contributed by atoms with van der Waals surface area (Å²) in [6.45, 7) is 0.841. The Bertz CT molecular complexity index is 735. The minimum absolute atomic E-state index is 0.163. The molecule has 0 aliphatic rings. The van der Waals surface area contributed by atoms with Gasteiger partial charge in [0.1, 0.15) is 5.82 Å². The van der Waals surface area contributed by atoms with Crippen LogP contribution in [0.1, 0.15) is 17.0 Å². The second kappa shape index (κ2) is 6.37. The predicted octanol–water partition coefficient (Wildman–Crippen LogP) is 4.59. The van der Waals surface area contributed by atoms with E-state index in [9.17, 15) is 4.39 Å². The van der Waals surface area contributed by atoms with Gasteiger partial charge in [-0.2, -0.15) is 0 Å². The average Bonchev–Trinajstić information content (AvgIpc) is 2.90. The second-order valence-corrected chi connectivity index (χ2v) is 6.18. The third-order valence-corrected chi connectivity index (χ3v) is 4.81. The van der Waals surface area contributed by atoms with Crippen molar-refractivity contribution < 1.29 is 4.39 Å². The number of fused-ring (bicyclic) bond motifs is 1. The van der Waals surface area contributed by atoms with Crippen molar-refractivity contribution in [2.24, 2.45) is 0 Å². The molecule has 21 heavy (non-hydrogen) atoms. The van der Waals surface area contributed by atoms with Crippen molar-refractivity contribution in [1.82, 2.24) is 5.32 Å². The fraction of sp³-hybridized carbons (Fsp3) is 0.222. The Morgan fingerprint density at radius 3 is 2.81 bits per heavy atom. The van der Waals surface area contributed by atoms with Gasteiger partial charge in [0, 0.05) is 17.2 Å². The topological polar surface area (TPSA) is 12.0 Å². The SMILES string of the molecule is CNCC(Cc1csc2ccccc12)c1cccc(F)c1. The summed E-state index contributed by atoms with van der Waals surface area (Å²) in [7, 11) is 1.94. The maximum atomic E-state index is 13.5. The van der Waals surface area contributed by atoms with Crippen molar-refractivity contribution in [2.45, 2.75) is 12.3 Å². The minimum Gasteiger partial charge on any atom is -0.319 e. The largest absolute Gasteiger partial charge is 0.319 e. The highest BCUT2D eigenvalue weighted by Gasteiger charge is 2.14. The number of nitrogens with one attached hydrogen (secondary N) is 1. The van der Waals surface area contributed by atoms with E-state index in [-0.39, 0.29) is 11.7 Å². The summed E-state index contributed by atoms with van der Waals surface area (Å²) in [6, 6.07) is 15.4. The van der Waals surface area contributed by atoms with Crippen LogP contribution in [0.3, 0.4) is 0 Å². The second-order valence-electron chi connectivity index (χ2n) is 5.27. The molecule has 0 spiro atoms. The summed E-state index contributed by atoms with van der Waals surface area (Å²) >= 11 is 1.78. The van der Waals surface area contributed by atoms with Crippen molar-refractivity contribution >= 4 is 21.4 Å². The maximum absolute atomic E-state index is 13.5. The van der Waals surface area contributed by atoms with Crippen LogP contribution in [0.5, 0.6) is 0 Å². The molecular formula is C18H18FNS. The van der Waals surface area contributed by atoms with Crippen LogP contribution in [-0.2, 0) is 6.42 Å². The zero-order chi connectivity index (χ0) is 14.7. The summed E-state index contributed by atoms with van der Waals surface area (Å²) < 4.78 is 14.8. The van der Waals surface area contributed by atoms with Gasteiger partial charge in [0.15, 0.2) is 0 Å². The monoisotopic (exact) mass is 299 g/mol. The van der Waals surface area contributed by atoms with Gasteiger partial charge in [-0.3, -0.25) is 0 Å². The third kappa shape index (κ3) is 3.14. The molecule has 0 fully saturated rings. The Morgan fingerprint density at radius 1 is 1.14 bits per heavy atom. The predicted molar refractivity (Wildman–Crippen MR) is 88.6 cm³/mol. The molecule has 0 saturated carbocycles. The molecule has 1 N–H and O–H groups in total. The quantitative estimate of drug-likeness (QED) is 0.727. The molecule has 3 aromatic rings. The van der Waals surface area contributed by atoms with Crippen molar-refractivity contribution in [2.75, 3.05) is 13.6 Å². The van der Waals surface area contributed by atoms with Crippen LogP contribution in [0.25, 0.3) is 10.1 Å². The Morgan fingerprint density at radius 2 is 2.00 bits per heavy atom. The number of thiophene rings is 1. The first-order chi connectivity index (χ1) is 10.3. The molecule has 1 aromatic heterocycles. The average molecular weight is 299 g/mol. The Hall–Kier alpha value is -1.71. The molecule has 0 saturated heterocycles. The molecule has 3 heteroatoms. The molecule has 1 nitrogen and oxygen atoms in total. The van der Waals surface area contributed by atoms with E-state index in [1.54, 1.807) is 23.5 Å².